The Labute approximate surface area is 435 Å². The van der Waals surface area contributed by atoms with Crippen molar-refractivity contribution in [2.45, 2.75) is 242 Å². The highest BCUT2D eigenvalue weighted by molar-refractivity contribution is 5.74. The zero-order valence-corrected chi connectivity index (χ0v) is 48.8. The maximum absolute atomic E-state index is 10.5. The van der Waals surface area contributed by atoms with Crippen LogP contribution in [0.25, 0.3) is 0 Å². The Morgan fingerprint density at radius 2 is 0.653 bits per heavy atom. The van der Waals surface area contributed by atoms with Crippen molar-refractivity contribution in [3.63, 3.8) is 0 Å². The van der Waals surface area contributed by atoms with E-state index in [2.05, 4.69) is 6.92 Å². The Balaban J connectivity index is -0.0000000889. The van der Waals surface area contributed by atoms with Crippen molar-refractivity contribution in [1.29, 1.82) is 0 Å². The van der Waals surface area contributed by atoms with Crippen LogP contribution in [-0.4, -0.2) is 99.7 Å². The summed E-state index contributed by atoms with van der Waals surface area (Å²) < 4.78 is 0. The van der Waals surface area contributed by atoms with Crippen molar-refractivity contribution in [1.82, 2.24) is 0 Å². The molecular weight excluding hydrogens is 937 g/mol. The highest BCUT2D eigenvalue weighted by Gasteiger charge is 2.25. The minimum Gasteiger partial charge on any atom is -0.481 e. The first-order valence-electron chi connectivity index (χ1n) is 25.6. The van der Waals surface area contributed by atoms with Crippen molar-refractivity contribution >= 4 is 53.7 Å². The number of rotatable bonds is 23. The van der Waals surface area contributed by atoms with Crippen molar-refractivity contribution in [2.75, 3.05) is 0 Å². The van der Waals surface area contributed by atoms with E-state index in [4.69, 9.17) is 46.0 Å². The lowest BCUT2D eigenvalue weighted by Gasteiger charge is -2.16. The summed E-state index contributed by atoms with van der Waals surface area (Å²) >= 11 is 0. The van der Waals surface area contributed by atoms with E-state index in [-0.39, 0.29) is 35.5 Å². The molecule has 0 aliphatic carbocycles. The summed E-state index contributed by atoms with van der Waals surface area (Å²) in [5, 5.41) is 75.2. The number of unbranched alkanes of at least 4 members (excludes halogenated alkanes) is 1. The summed E-state index contributed by atoms with van der Waals surface area (Å²) in [5.41, 5.74) is -1.66. The van der Waals surface area contributed by atoms with Crippen LogP contribution in [0.3, 0.4) is 0 Å². The number of carbonyl (C=O) groups is 9. The van der Waals surface area contributed by atoms with Crippen LogP contribution in [0.2, 0.25) is 0 Å². The summed E-state index contributed by atoms with van der Waals surface area (Å²) in [6, 6.07) is 0. The topological polar surface area (TPSA) is 336 Å². The maximum Gasteiger partial charge on any atom is 0.309 e. The first kappa shape index (κ1) is 87.0. The van der Waals surface area contributed by atoms with Gasteiger partial charge in [-0.2, -0.15) is 0 Å². The van der Waals surface area contributed by atoms with Gasteiger partial charge in [0.25, 0.3) is 0 Å². The van der Waals surface area contributed by atoms with Gasteiger partial charge in [-0.05, 0) is 106 Å². The van der Waals surface area contributed by atoms with E-state index in [9.17, 15) is 43.2 Å². The molecule has 0 amide bonds. The zero-order valence-electron chi connectivity index (χ0n) is 48.8. The fourth-order valence-corrected chi connectivity index (χ4v) is 3.97. The maximum atomic E-state index is 10.5. The Morgan fingerprint density at radius 3 is 0.750 bits per heavy atom. The molecule has 0 radical (unpaired) electrons. The van der Waals surface area contributed by atoms with Crippen LogP contribution < -0.4 is 0 Å². The van der Waals surface area contributed by atoms with Gasteiger partial charge in [0, 0.05) is 0 Å². The third kappa shape index (κ3) is 67.3. The van der Waals surface area contributed by atoms with E-state index in [0.29, 0.717) is 6.42 Å². The molecular formula is C54H108O18. The van der Waals surface area contributed by atoms with Crippen molar-refractivity contribution in [3.05, 3.63) is 0 Å². The number of aliphatic carboxylic acids is 9. The second kappa shape index (κ2) is 52.5. The molecule has 18 heteroatoms. The normalized spacial score (nSPS) is 11.5. The van der Waals surface area contributed by atoms with E-state index < -0.39 is 70.0 Å². The molecule has 0 bridgehead atoms. The molecule has 0 rings (SSSR count). The average molecular weight is 1050 g/mol. The minimum absolute atomic E-state index is 0.102. The molecule has 0 aromatic rings. The highest BCUT2D eigenvalue weighted by atomic mass is 16.4. The summed E-state index contributed by atoms with van der Waals surface area (Å²) in [4.78, 5) is 91.2. The molecule has 0 aromatic heterocycles. The summed E-state index contributed by atoms with van der Waals surface area (Å²) in [7, 11) is 0. The molecule has 0 saturated heterocycles. The van der Waals surface area contributed by atoms with Crippen LogP contribution >= 0.6 is 0 Å². The van der Waals surface area contributed by atoms with Gasteiger partial charge in [0.1, 0.15) is 0 Å². The van der Waals surface area contributed by atoms with Gasteiger partial charge in [0.15, 0.2) is 0 Å². The molecule has 0 saturated carbocycles. The Hall–Kier alpha value is -4.77. The van der Waals surface area contributed by atoms with Crippen LogP contribution in [0.1, 0.15) is 242 Å². The fraction of sp³-hybridized carbons (Fsp3) is 0.833. The van der Waals surface area contributed by atoms with Crippen LogP contribution in [0.4, 0.5) is 0 Å². The largest absolute Gasteiger partial charge is 0.481 e. The number of hydrogen-bond acceptors (Lipinski definition) is 9. The van der Waals surface area contributed by atoms with E-state index in [1.54, 1.807) is 83.1 Å². The lowest BCUT2D eigenvalue weighted by molar-refractivity contribution is -0.148. The standard InChI is InChI=1S/C8H16O2.2C7H14O2.3C6H12O2.2C5H10O2.C4H8O2/c1-3-5-7(6-4-2)8(9)10;1-4-5-7(2,3)6(8)9;1-3-4-5-6(2)7(8)9;1-4-6(2,3)5(7)8;1-3-4-5(2)6(7)8;1-3-5(4-2)6(7)8;1-5(2,3)4(6)7;1-3-4(2)5(6)7;1-3(2)4(5)6/h7H,3-6H2,1-2H3,(H,9,10);4-5H2,1-3H3,(H,8,9);6H,3-5H2,1-2H3,(H,8,9);4H2,1-3H3,(H,7,8);2*5H,3-4H2,1-2H3,(H,7,8);1-3H3,(H,6,7);4H,3H2,1-2H3,(H,6,7);3H,1-2H3,(H,5,6). The summed E-state index contributed by atoms with van der Waals surface area (Å²) in [6.45, 7) is 38.0. The first-order valence-corrected chi connectivity index (χ1v) is 25.6. The molecule has 0 heterocycles. The predicted molar refractivity (Wildman–Crippen MR) is 285 cm³/mol. The fourth-order valence-electron chi connectivity index (χ4n) is 3.97. The Kier molecular flexibility index (Phi) is 63.5. The average Bonchev–Trinajstić information content (AvgIpc) is 3.26. The predicted octanol–water partition coefficient (Wildman–Crippen LogP) is 13.6. The molecule has 3 unspecified atom stereocenters. The minimum atomic E-state index is -0.757. The van der Waals surface area contributed by atoms with Crippen LogP contribution in [0, 0.1) is 51.8 Å². The van der Waals surface area contributed by atoms with Crippen LogP contribution in [-0.2, 0) is 43.2 Å². The van der Waals surface area contributed by atoms with Gasteiger partial charge in [-0.15, -0.1) is 0 Å². The van der Waals surface area contributed by atoms with E-state index in [1.165, 1.54) is 0 Å². The molecule has 0 spiro atoms. The summed E-state index contributed by atoms with van der Waals surface area (Å²) in [5.74, 6) is -7.27. The lowest BCUT2D eigenvalue weighted by atomic mass is 9.88. The number of carboxylic acids is 9. The highest BCUT2D eigenvalue weighted by Crippen LogP contribution is 2.21. The Morgan fingerprint density at radius 1 is 0.347 bits per heavy atom. The third-order valence-electron chi connectivity index (χ3n) is 10.6. The molecule has 3 atom stereocenters. The molecule has 0 aromatic carbocycles. The van der Waals surface area contributed by atoms with Crippen LogP contribution in [0.5, 0.6) is 0 Å². The number of carboxylic acid groups (broad SMARTS) is 9. The molecule has 0 fully saturated rings. The monoisotopic (exact) mass is 1040 g/mol. The second-order valence-corrected chi connectivity index (χ2v) is 20.1. The molecule has 432 valence electrons. The SMILES string of the molecule is CC(C)(C)C(=O)O.CC(C)C(=O)O.CCC(C)(C)C(=O)O.CCC(C)C(=O)O.CCC(CC)C(=O)O.CCCC(C)(C)C(=O)O.CCCC(C)C(=O)O.CCCC(CCC)C(=O)O.CCCCC(C)C(=O)O. The third-order valence-corrected chi connectivity index (χ3v) is 10.6. The van der Waals surface area contributed by atoms with E-state index >= 15 is 0 Å². The van der Waals surface area contributed by atoms with Crippen molar-refractivity contribution in [3.8, 4) is 0 Å². The van der Waals surface area contributed by atoms with Gasteiger partial charge in [0.05, 0.1) is 51.8 Å². The smallest absolute Gasteiger partial charge is 0.309 e. The lowest BCUT2D eigenvalue weighted by Crippen LogP contribution is -2.22. The van der Waals surface area contributed by atoms with Gasteiger partial charge in [-0.25, -0.2) is 0 Å². The van der Waals surface area contributed by atoms with Gasteiger partial charge < -0.3 is 46.0 Å². The van der Waals surface area contributed by atoms with Gasteiger partial charge >= 0.3 is 53.7 Å². The van der Waals surface area contributed by atoms with Crippen molar-refractivity contribution in [2.24, 2.45) is 51.8 Å². The Bertz CT molecular complexity index is 1400. The molecule has 18 nitrogen and oxygen atoms in total. The van der Waals surface area contributed by atoms with E-state index in [0.717, 1.165) is 89.9 Å². The number of hydrogen-bond donors (Lipinski definition) is 9. The first-order chi connectivity index (χ1) is 32.6. The molecule has 9 N–H and O–H groups in total. The van der Waals surface area contributed by atoms with Gasteiger partial charge in [-0.3, -0.25) is 43.2 Å². The van der Waals surface area contributed by atoms with Gasteiger partial charge in [-0.1, -0.05) is 135 Å². The molecule has 0 aliphatic heterocycles. The second-order valence-electron chi connectivity index (χ2n) is 20.1. The van der Waals surface area contributed by atoms with E-state index in [1.807, 2.05) is 55.4 Å². The summed E-state index contributed by atoms with van der Waals surface area (Å²) in [6.07, 6.45) is 12.8. The van der Waals surface area contributed by atoms with Gasteiger partial charge in [0.2, 0.25) is 0 Å². The van der Waals surface area contributed by atoms with Crippen molar-refractivity contribution < 1.29 is 89.1 Å². The molecule has 0 aliphatic rings. The van der Waals surface area contributed by atoms with Crippen LogP contribution in [0.15, 0.2) is 0 Å². The molecule has 72 heavy (non-hydrogen) atoms. The zero-order chi connectivity index (χ0) is 59.8. The quantitative estimate of drug-likeness (QED) is 0.0459.